The van der Waals surface area contributed by atoms with Gasteiger partial charge in [-0.05, 0) is 91.8 Å². The second kappa shape index (κ2) is 13.0. The van der Waals surface area contributed by atoms with Gasteiger partial charge >= 0.3 is 5.97 Å². The van der Waals surface area contributed by atoms with Gasteiger partial charge in [-0.1, -0.05) is 64.3 Å². The third-order valence-electron chi connectivity index (χ3n) is 8.84. The Kier molecular flexibility index (Phi) is 9.81. The zero-order chi connectivity index (χ0) is 30.7. The second-order valence-electron chi connectivity index (χ2n) is 13.0. The molecule has 2 aromatic rings. The fourth-order valence-corrected chi connectivity index (χ4v) is 6.78. The Morgan fingerprint density at radius 2 is 1.81 bits per heavy atom. The molecule has 0 aromatic heterocycles. The molecule has 2 aromatic carbocycles. The summed E-state index contributed by atoms with van der Waals surface area (Å²) in [6.45, 7) is 11.1. The zero-order valence-electron chi connectivity index (χ0n) is 25.5. The number of carbonyl (C=O) groups is 3. The molecular weight excluding hydrogens is 550 g/mol. The van der Waals surface area contributed by atoms with Gasteiger partial charge in [-0.15, -0.1) is 0 Å². The largest absolute Gasteiger partial charge is 0.481 e. The van der Waals surface area contributed by atoms with Crippen LogP contribution in [0.15, 0.2) is 47.5 Å². The number of carboxylic acid groups (broad SMARTS) is 1. The normalized spacial score (nSPS) is 21.4. The number of unbranched alkanes of at least 4 members (excludes halogenated alkanes) is 1. The monoisotopic (exact) mass is 593 g/mol. The first-order valence-corrected chi connectivity index (χ1v) is 15.5. The number of aryl methyl sites for hydroxylation is 1. The minimum atomic E-state index is -0.959. The lowest BCUT2D eigenvalue weighted by atomic mass is 9.69. The summed E-state index contributed by atoms with van der Waals surface area (Å²) in [7, 11) is 0. The summed E-state index contributed by atoms with van der Waals surface area (Å²) in [6.07, 6.45) is 6.18. The third-order valence-corrected chi connectivity index (χ3v) is 9.06. The van der Waals surface area contributed by atoms with Crippen molar-refractivity contribution in [3.63, 3.8) is 0 Å². The quantitative estimate of drug-likeness (QED) is 0.301. The molecule has 0 saturated heterocycles. The van der Waals surface area contributed by atoms with E-state index in [0.717, 1.165) is 61.6 Å². The molecule has 0 bridgehead atoms. The maximum absolute atomic E-state index is 14.4. The molecule has 2 aliphatic rings. The Morgan fingerprint density at radius 1 is 1.14 bits per heavy atom. The number of nitrogens with zero attached hydrogens (tertiary/aromatic N) is 2. The van der Waals surface area contributed by atoms with Gasteiger partial charge in [0.05, 0.1) is 12.5 Å². The first-order chi connectivity index (χ1) is 19.8. The van der Waals surface area contributed by atoms with E-state index in [1.807, 2.05) is 37.3 Å². The predicted octanol–water partition coefficient (Wildman–Crippen LogP) is 7.35. The molecule has 42 heavy (non-hydrogen) atoms. The van der Waals surface area contributed by atoms with E-state index in [-0.39, 0.29) is 36.2 Å². The van der Waals surface area contributed by atoms with Gasteiger partial charge in [-0.25, -0.2) is 0 Å². The molecule has 226 valence electrons. The van der Waals surface area contributed by atoms with Crippen LogP contribution in [0.2, 0.25) is 5.02 Å². The first kappa shape index (κ1) is 31.7. The van der Waals surface area contributed by atoms with E-state index in [1.54, 1.807) is 12.1 Å². The van der Waals surface area contributed by atoms with Crippen molar-refractivity contribution in [1.82, 2.24) is 10.2 Å². The van der Waals surface area contributed by atoms with Gasteiger partial charge in [0.25, 0.3) is 11.8 Å². The maximum atomic E-state index is 14.4. The Morgan fingerprint density at radius 3 is 2.38 bits per heavy atom. The van der Waals surface area contributed by atoms with Crippen LogP contribution in [0, 0.1) is 18.3 Å². The predicted molar refractivity (Wildman–Crippen MR) is 167 cm³/mol. The van der Waals surface area contributed by atoms with Crippen molar-refractivity contribution < 1.29 is 19.5 Å². The van der Waals surface area contributed by atoms with E-state index in [0.29, 0.717) is 22.2 Å². The van der Waals surface area contributed by atoms with Crippen LogP contribution in [0.25, 0.3) is 0 Å². The van der Waals surface area contributed by atoms with Crippen LogP contribution in [0.3, 0.4) is 0 Å². The van der Waals surface area contributed by atoms with Crippen molar-refractivity contribution in [3.05, 3.63) is 69.7 Å². The molecule has 2 amide bonds. The molecule has 0 unspecified atom stereocenters. The number of hydrogen-bond acceptors (Lipinski definition) is 4. The molecule has 8 heteroatoms. The minimum Gasteiger partial charge on any atom is -0.481 e. The van der Waals surface area contributed by atoms with Crippen molar-refractivity contribution in [2.75, 3.05) is 6.54 Å². The average molecular weight is 594 g/mol. The number of aliphatic imine (C=N–C) groups is 1. The summed E-state index contributed by atoms with van der Waals surface area (Å²) in [6, 6.07) is 12.9. The van der Waals surface area contributed by atoms with Crippen molar-refractivity contribution >= 4 is 35.1 Å². The number of aliphatic carboxylic acids is 1. The highest BCUT2D eigenvalue weighted by Gasteiger charge is 2.52. The average Bonchev–Trinajstić information content (AvgIpc) is 3.19. The fourth-order valence-electron chi connectivity index (χ4n) is 6.49. The van der Waals surface area contributed by atoms with E-state index in [1.165, 1.54) is 0 Å². The van der Waals surface area contributed by atoms with E-state index in [4.69, 9.17) is 21.7 Å². The van der Waals surface area contributed by atoms with E-state index in [2.05, 4.69) is 37.9 Å². The molecule has 1 atom stereocenters. The topological polar surface area (TPSA) is 99.1 Å². The fraction of sp³-hybridized carbons (Fsp3) is 0.529. The SMILES string of the molecule is CCCC[C@H](c1ccc(C(=O)NCCC(=O)O)cc1)N1C(=O)C(c2cc(C)cc(Cl)c2)=NC12CCC(C(C)(C)C)CC2. The minimum absolute atomic E-state index is 0.0672. The number of carbonyl (C=O) groups excluding carboxylic acids is 2. The lowest BCUT2D eigenvalue weighted by Gasteiger charge is -2.47. The van der Waals surface area contributed by atoms with Gasteiger partial charge in [0.2, 0.25) is 0 Å². The van der Waals surface area contributed by atoms with Crippen LogP contribution in [0.4, 0.5) is 0 Å². The lowest BCUT2D eigenvalue weighted by molar-refractivity contribution is -0.137. The van der Waals surface area contributed by atoms with Crippen LogP contribution >= 0.6 is 11.6 Å². The number of carboxylic acids is 1. The molecular formula is C34H44ClN3O4. The maximum Gasteiger partial charge on any atom is 0.305 e. The Labute approximate surface area is 254 Å². The first-order valence-electron chi connectivity index (χ1n) is 15.2. The second-order valence-corrected chi connectivity index (χ2v) is 13.4. The van der Waals surface area contributed by atoms with Crippen LogP contribution in [0.1, 0.15) is 112 Å². The molecule has 0 radical (unpaired) electrons. The number of hydrogen-bond donors (Lipinski definition) is 2. The summed E-state index contributed by atoms with van der Waals surface area (Å²) < 4.78 is 0. The van der Waals surface area contributed by atoms with Crippen molar-refractivity contribution in [2.24, 2.45) is 16.3 Å². The number of rotatable bonds is 10. The highest BCUT2D eigenvalue weighted by atomic mass is 35.5. The number of nitrogens with one attached hydrogen (secondary N) is 1. The molecule has 7 nitrogen and oxygen atoms in total. The summed E-state index contributed by atoms with van der Waals surface area (Å²) in [5.41, 5.74) is 3.20. The molecule has 1 heterocycles. The van der Waals surface area contributed by atoms with Gasteiger partial charge in [-0.3, -0.25) is 19.4 Å². The number of halogens is 1. The van der Waals surface area contributed by atoms with Crippen molar-refractivity contribution in [3.8, 4) is 0 Å². The Balaban J connectivity index is 1.71. The van der Waals surface area contributed by atoms with Crippen LogP contribution in [-0.2, 0) is 9.59 Å². The molecule has 1 saturated carbocycles. The zero-order valence-corrected chi connectivity index (χ0v) is 26.3. The molecule has 4 rings (SSSR count). The Hall–Kier alpha value is -3.19. The number of benzene rings is 2. The summed E-state index contributed by atoms with van der Waals surface area (Å²) in [5, 5.41) is 12.1. The van der Waals surface area contributed by atoms with E-state index < -0.39 is 11.6 Å². The standard InChI is InChI=1S/C34H44ClN3O4/c1-6-7-8-28(23-9-11-24(12-10-23)31(41)36-18-15-29(39)40)38-32(42)30(25-19-22(2)20-27(35)21-25)37-34(38)16-13-26(14-17-34)33(3,4)5/h9-12,19-21,26,28H,6-8,13-18H2,1-5H3,(H,36,41)(H,39,40)/t26?,28-,34?/m1/s1. The van der Waals surface area contributed by atoms with Crippen LogP contribution < -0.4 is 5.32 Å². The summed E-state index contributed by atoms with van der Waals surface area (Å²) in [4.78, 5) is 45.2. The van der Waals surface area contributed by atoms with Crippen molar-refractivity contribution in [2.45, 2.75) is 97.7 Å². The third kappa shape index (κ3) is 7.05. The lowest BCUT2D eigenvalue weighted by Crippen LogP contribution is -2.51. The highest BCUT2D eigenvalue weighted by molar-refractivity contribution is 6.47. The van der Waals surface area contributed by atoms with Gasteiger partial charge < -0.3 is 15.3 Å². The van der Waals surface area contributed by atoms with Crippen molar-refractivity contribution in [1.29, 1.82) is 0 Å². The smallest absolute Gasteiger partial charge is 0.305 e. The van der Waals surface area contributed by atoms with E-state index >= 15 is 0 Å². The van der Waals surface area contributed by atoms with Crippen LogP contribution in [-0.4, -0.2) is 45.7 Å². The van der Waals surface area contributed by atoms with Gasteiger partial charge in [-0.2, -0.15) is 0 Å². The van der Waals surface area contributed by atoms with Gasteiger partial charge in [0.15, 0.2) is 0 Å². The molecule has 2 N–H and O–H groups in total. The molecule has 1 aliphatic heterocycles. The summed E-state index contributed by atoms with van der Waals surface area (Å²) >= 11 is 6.43. The van der Waals surface area contributed by atoms with Crippen LogP contribution in [0.5, 0.6) is 0 Å². The van der Waals surface area contributed by atoms with Gasteiger partial charge in [0.1, 0.15) is 11.4 Å². The van der Waals surface area contributed by atoms with Gasteiger partial charge in [0, 0.05) is 22.7 Å². The summed E-state index contributed by atoms with van der Waals surface area (Å²) in [5.74, 6) is -0.785. The number of amides is 2. The van der Waals surface area contributed by atoms with E-state index in [9.17, 15) is 14.4 Å². The molecule has 1 spiro atoms. The molecule has 1 aliphatic carbocycles. The molecule has 1 fully saturated rings. The highest BCUT2D eigenvalue weighted by Crippen LogP contribution is 2.50. The Bertz CT molecular complexity index is 1320.